The summed E-state index contributed by atoms with van der Waals surface area (Å²) in [6, 6.07) is 5.93. The van der Waals surface area contributed by atoms with Gasteiger partial charge < -0.3 is 10.5 Å². The van der Waals surface area contributed by atoms with Gasteiger partial charge in [-0.1, -0.05) is 0 Å². The van der Waals surface area contributed by atoms with Crippen LogP contribution >= 0.6 is 27.7 Å². The Bertz CT molecular complexity index is 326. The Labute approximate surface area is 96.3 Å². The smallest absolute Gasteiger partial charge is 0.0589 e. The molecule has 0 saturated carbocycles. The van der Waals surface area contributed by atoms with E-state index < -0.39 is 0 Å². The maximum Gasteiger partial charge on any atom is 0.0589 e. The van der Waals surface area contributed by atoms with E-state index in [0.717, 1.165) is 29.8 Å². The van der Waals surface area contributed by atoms with Crippen LogP contribution in [0.25, 0.3) is 0 Å². The minimum atomic E-state index is 0.593. The number of hydrogen-bond donors (Lipinski definition) is 1. The summed E-state index contributed by atoms with van der Waals surface area (Å²) in [6.45, 7) is 1.76. The predicted octanol–water partition coefficient (Wildman–Crippen LogP) is 2.91. The Balaban J connectivity index is 2.08. The molecule has 1 aromatic rings. The van der Waals surface area contributed by atoms with Crippen molar-refractivity contribution in [2.45, 2.75) is 16.6 Å². The predicted molar refractivity (Wildman–Crippen MR) is 63.6 cm³/mol. The molecule has 1 saturated heterocycles. The molecule has 4 heteroatoms. The van der Waals surface area contributed by atoms with Crippen molar-refractivity contribution >= 4 is 33.4 Å². The molecule has 1 atom stereocenters. The molecule has 0 spiro atoms. The van der Waals surface area contributed by atoms with Gasteiger partial charge in [-0.05, 0) is 40.5 Å². The van der Waals surface area contributed by atoms with Crippen LogP contribution in [-0.4, -0.2) is 18.5 Å². The fraction of sp³-hybridized carbons (Fsp3) is 0.400. The molecule has 2 nitrogen and oxygen atoms in total. The second kappa shape index (κ2) is 4.55. The topological polar surface area (TPSA) is 35.2 Å². The van der Waals surface area contributed by atoms with Gasteiger partial charge in [-0.15, -0.1) is 11.8 Å². The van der Waals surface area contributed by atoms with Gasteiger partial charge in [0.15, 0.2) is 0 Å². The second-order valence-corrected chi connectivity index (χ2v) is 5.49. The van der Waals surface area contributed by atoms with Gasteiger partial charge >= 0.3 is 0 Å². The normalized spacial score (nSPS) is 21.4. The molecular formula is C10H12BrNOS. The molecule has 0 amide bonds. The van der Waals surface area contributed by atoms with Crippen LogP contribution in [0.1, 0.15) is 6.42 Å². The summed E-state index contributed by atoms with van der Waals surface area (Å²) in [6.07, 6.45) is 1.14. The van der Waals surface area contributed by atoms with Crippen LogP contribution in [-0.2, 0) is 4.74 Å². The van der Waals surface area contributed by atoms with Crippen LogP contribution in [0.2, 0.25) is 0 Å². The summed E-state index contributed by atoms with van der Waals surface area (Å²) < 4.78 is 6.41. The van der Waals surface area contributed by atoms with Gasteiger partial charge in [0.1, 0.15) is 0 Å². The Morgan fingerprint density at radius 3 is 3.00 bits per heavy atom. The molecule has 14 heavy (non-hydrogen) atoms. The van der Waals surface area contributed by atoms with Crippen molar-refractivity contribution in [2.75, 3.05) is 18.9 Å². The molecule has 2 rings (SSSR count). The van der Waals surface area contributed by atoms with Crippen molar-refractivity contribution in [1.29, 1.82) is 0 Å². The largest absolute Gasteiger partial charge is 0.399 e. The van der Waals surface area contributed by atoms with E-state index in [0.29, 0.717) is 5.25 Å². The third-order valence-electron chi connectivity index (χ3n) is 2.14. The van der Waals surface area contributed by atoms with E-state index in [2.05, 4.69) is 22.0 Å². The van der Waals surface area contributed by atoms with Gasteiger partial charge in [-0.2, -0.15) is 0 Å². The van der Waals surface area contributed by atoms with Gasteiger partial charge in [0, 0.05) is 26.9 Å². The summed E-state index contributed by atoms with van der Waals surface area (Å²) >= 11 is 5.37. The van der Waals surface area contributed by atoms with Crippen molar-refractivity contribution in [1.82, 2.24) is 0 Å². The maximum atomic E-state index is 5.67. The van der Waals surface area contributed by atoms with E-state index in [4.69, 9.17) is 10.5 Å². The quantitative estimate of drug-likeness (QED) is 0.842. The van der Waals surface area contributed by atoms with E-state index in [1.165, 1.54) is 4.90 Å². The highest BCUT2D eigenvalue weighted by molar-refractivity contribution is 9.10. The fourth-order valence-electron chi connectivity index (χ4n) is 1.40. The van der Waals surface area contributed by atoms with Crippen molar-refractivity contribution in [3.05, 3.63) is 22.7 Å². The summed E-state index contributed by atoms with van der Waals surface area (Å²) in [5.41, 5.74) is 6.47. The van der Waals surface area contributed by atoms with Gasteiger partial charge in [0.05, 0.1) is 6.61 Å². The zero-order valence-corrected chi connectivity index (χ0v) is 10.1. The molecule has 1 aliphatic heterocycles. The van der Waals surface area contributed by atoms with Crippen LogP contribution in [0, 0.1) is 0 Å². The van der Waals surface area contributed by atoms with Crippen molar-refractivity contribution in [2.24, 2.45) is 0 Å². The lowest BCUT2D eigenvalue weighted by Crippen LogP contribution is -2.00. The van der Waals surface area contributed by atoms with E-state index in [9.17, 15) is 0 Å². The van der Waals surface area contributed by atoms with E-state index >= 15 is 0 Å². The maximum absolute atomic E-state index is 5.67. The average Bonchev–Trinajstić information content (AvgIpc) is 2.62. The highest BCUT2D eigenvalue weighted by Crippen LogP contribution is 2.34. The number of thioether (sulfide) groups is 1. The van der Waals surface area contributed by atoms with Crippen LogP contribution in [0.15, 0.2) is 27.6 Å². The van der Waals surface area contributed by atoms with E-state index in [1.54, 1.807) is 0 Å². The number of benzene rings is 1. The van der Waals surface area contributed by atoms with Crippen LogP contribution in [0.4, 0.5) is 5.69 Å². The first kappa shape index (κ1) is 10.3. The number of rotatable bonds is 2. The van der Waals surface area contributed by atoms with E-state index in [-0.39, 0.29) is 0 Å². The Morgan fingerprint density at radius 1 is 1.50 bits per heavy atom. The lowest BCUT2D eigenvalue weighted by molar-refractivity contribution is 0.199. The van der Waals surface area contributed by atoms with E-state index in [1.807, 2.05) is 23.9 Å². The van der Waals surface area contributed by atoms with Gasteiger partial charge in [0.2, 0.25) is 0 Å². The fourth-order valence-corrected chi connectivity index (χ4v) is 3.13. The molecule has 0 aromatic heterocycles. The first-order valence-electron chi connectivity index (χ1n) is 4.55. The number of nitrogen functional groups attached to an aromatic ring is 1. The number of anilines is 1. The number of nitrogens with two attached hydrogens (primary N) is 1. The number of ether oxygens (including phenoxy) is 1. The number of halogens is 1. The molecule has 1 aliphatic rings. The van der Waals surface area contributed by atoms with Gasteiger partial charge in [-0.3, -0.25) is 0 Å². The molecule has 1 aromatic carbocycles. The number of hydrogen-bond acceptors (Lipinski definition) is 3. The third-order valence-corrected chi connectivity index (χ3v) is 4.37. The lowest BCUT2D eigenvalue weighted by Gasteiger charge is -2.09. The van der Waals surface area contributed by atoms with Crippen LogP contribution in [0.3, 0.4) is 0 Å². The molecule has 0 radical (unpaired) electrons. The molecular weight excluding hydrogens is 262 g/mol. The molecule has 1 fully saturated rings. The Kier molecular flexibility index (Phi) is 3.36. The van der Waals surface area contributed by atoms with Gasteiger partial charge in [-0.25, -0.2) is 0 Å². The molecule has 2 N–H and O–H groups in total. The lowest BCUT2D eigenvalue weighted by atomic mass is 10.3. The first-order valence-corrected chi connectivity index (χ1v) is 6.22. The summed E-state index contributed by atoms with van der Waals surface area (Å²) in [5.74, 6) is 0. The minimum absolute atomic E-state index is 0.593. The molecule has 76 valence electrons. The van der Waals surface area contributed by atoms with Gasteiger partial charge in [0.25, 0.3) is 0 Å². The summed E-state index contributed by atoms with van der Waals surface area (Å²) in [4.78, 5) is 1.25. The van der Waals surface area contributed by atoms with Crippen molar-refractivity contribution < 1.29 is 4.74 Å². The molecule has 0 bridgehead atoms. The Morgan fingerprint density at radius 2 is 2.36 bits per heavy atom. The first-order chi connectivity index (χ1) is 6.75. The average molecular weight is 274 g/mol. The van der Waals surface area contributed by atoms with Crippen molar-refractivity contribution in [3.8, 4) is 0 Å². The zero-order chi connectivity index (χ0) is 9.97. The SMILES string of the molecule is Nc1ccc(SC2CCOC2)c(Br)c1. The highest BCUT2D eigenvalue weighted by Gasteiger charge is 2.17. The Hall–Kier alpha value is -0.190. The molecule has 1 heterocycles. The third kappa shape index (κ3) is 2.43. The van der Waals surface area contributed by atoms with Crippen LogP contribution < -0.4 is 5.73 Å². The molecule has 0 aliphatic carbocycles. The van der Waals surface area contributed by atoms with Crippen LogP contribution in [0.5, 0.6) is 0 Å². The summed E-state index contributed by atoms with van der Waals surface area (Å²) in [7, 11) is 0. The summed E-state index contributed by atoms with van der Waals surface area (Å²) in [5, 5.41) is 0.593. The standard InChI is InChI=1S/C10H12BrNOS/c11-9-5-7(12)1-2-10(9)14-8-3-4-13-6-8/h1-2,5,8H,3-4,6,12H2. The highest BCUT2D eigenvalue weighted by atomic mass is 79.9. The molecule has 1 unspecified atom stereocenters. The zero-order valence-electron chi connectivity index (χ0n) is 7.70. The monoisotopic (exact) mass is 273 g/mol. The minimum Gasteiger partial charge on any atom is -0.399 e. The van der Waals surface area contributed by atoms with Crippen molar-refractivity contribution in [3.63, 3.8) is 0 Å². The second-order valence-electron chi connectivity index (χ2n) is 3.29.